The summed E-state index contributed by atoms with van der Waals surface area (Å²) in [5, 5.41) is 0. The molecule has 1 aliphatic carbocycles. The fourth-order valence-corrected chi connectivity index (χ4v) is 3.75. The third-order valence-corrected chi connectivity index (χ3v) is 4.99. The summed E-state index contributed by atoms with van der Waals surface area (Å²) in [4.78, 5) is 51.2. The average Bonchev–Trinajstić information content (AvgIpc) is 3.00. The predicted molar refractivity (Wildman–Crippen MR) is 86.7 cm³/mol. The van der Waals surface area contributed by atoms with E-state index < -0.39 is 29.3 Å². The number of carbonyl (C=O) groups is 4. The first-order valence-electron chi connectivity index (χ1n) is 8.26. The van der Waals surface area contributed by atoms with Crippen molar-refractivity contribution in [1.29, 1.82) is 0 Å². The number of rotatable bonds is 2. The van der Waals surface area contributed by atoms with Gasteiger partial charge >= 0.3 is 0 Å². The summed E-state index contributed by atoms with van der Waals surface area (Å²) in [6, 6.07) is 2.20. The second-order valence-corrected chi connectivity index (χ2v) is 6.31. The number of nitrogens with zero attached hydrogens (tertiary/aromatic N) is 2. The van der Waals surface area contributed by atoms with Crippen molar-refractivity contribution in [3.63, 3.8) is 0 Å². The minimum Gasteiger partial charge on any atom is -0.305 e. The van der Waals surface area contributed by atoms with Crippen LogP contribution in [0.3, 0.4) is 0 Å². The lowest BCUT2D eigenvalue weighted by Crippen LogP contribution is -2.33. The van der Waals surface area contributed by atoms with Crippen LogP contribution in [0.15, 0.2) is 23.3 Å². The van der Waals surface area contributed by atoms with Crippen molar-refractivity contribution < 1.29 is 23.6 Å². The van der Waals surface area contributed by atoms with E-state index >= 15 is 0 Å². The Bertz CT molecular complexity index is 875. The van der Waals surface area contributed by atoms with E-state index in [0.717, 1.165) is 23.8 Å². The second-order valence-electron chi connectivity index (χ2n) is 6.31. The number of fused-ring (bicyclic) bond motifs is 1. The summed E-state index contributed by atoms with van der Waals surface area (Å²) in [6.07, 6.45) is 2.68. The van der Waals surface area contributed by atoms with Gasteiger partial charge in [0.25, 0.3) is 23.5 Å². The zero-order chi connectivity index (χ0) is 17.9. The molecule has 0 saturated carbocycles. The van der Waals surface area contributed by atoms with Crippen molar-refractivity contribution >= 4 is 34.9 Å². The zero-order valence-corrected chi connectivity index (χ0v) is 13.6. The molecule has 0 bridgehead atoms. The molecule has 2 heterocycles. The molecule has 3 aliphatic rings. The van der Waals surface area contributed by atoms with Gasteiger partial charge in [-0.25, -0.2) is 9.29 Å². The Morgan fingerprint density at radius 3 is 2.08 bits per heavy atom. The Kier molecular flexibility index (Phi) is 3.35. The van der Waals surface area contributed by atoms with Gasteiger partial charge in [-0.15, -0.1) is 0 Å². The van der Waals surface area contributed by atoms with Crippen molar-refractivity contribution in [1.82, 2.24) is 0 Å². The molecular formula is C18H15FN2O4. The van der Waals surface area contributed by atoms with Gasteiger partial charge in [0.2, 0.25) is 0 Å². The number of anilines is 2. The highest BCUT2D eigenvalue weighted by molar-refractivity contribution is 6.52. The molecule has 0 atom stereocenters. The number of ketones is 1. The van der Waals surface area contributed by atoms with Crippen LogP contribution < -0.4 is 9.80 Å². The number of halogens is 1. The molecule has 0 spiro atoms. The highest BCUT2D eigenvalue weighted by Crippen LogP contribution is 2.40. The third-order valence-electron chi connectivity index (χ3n) is 4.99. The van der Waals surface area contributed by atoms with Crippen molar-refractivity contribution in [2.45, 2.75) is 32.6 Å². The van der Waals surface area contributed by atoms with Crippen LogP contribution >= 0.6 is 0 Å². The number of amides is 3. The molecule has 1 aromatic rings. The van der Waals surface area contributed by atoms with Crippen LogP contribution in [0.2, 0.25) is 0 Å². The molecule has 1 aromatic carbocycles. The largest absolute Gasteiger partial charge is 0.305 e. The second kappa shape index (κ2) is 5.34. The van der Waals surface area contributed by atoms with E-state index in [1.807, 2.05) is 0 Å². The maximum atomic E-state index is 14.6. The van der Waals surface area contributed by atoms with Crippen molar-refractivity contribution in [3.05, 3.63) is 34.7 Å². The van der Waals surface area contributed by atoms with Gasteiger partial charge in [-0.05, 0) is 44.7 Å². The van der Waals surface area contributed by atoms with E-state index in [1.165, 1.54) is 11.0 Å². The predicted octanol–water partition coefficient (Wildman–Crippen LogP) is 2.12. The quantitative estimate of drug-likeness (QED) is 0.609. The Morgan fingerprint density at radius 2 is 1.52 bits per heavy atom. The van der Waals surface area contributed by atoms with Gasteiger partial charge in [-0.1, -0.05) is 0 Å². The number of hydrogen-bond acceptors (Lipinski definition) is 4. The van der Waals surface area contributed by atoms with Crippen molar-refractivity contribution in [3.8, 4) is 0 Å². The smallest absolute Gasteiger partial charge is 0.299 e. The number of hydrogen-bond donors (Lipinski definition) is 0. The van der Waals surface area contributed by atoms with Gasteiger partial charge in [0.1, 0.15) is 5.82 Å². The fraction of sp³-hybridized carbons (Fsp3) is 0.333. The molecule has 25 heavy (non-hydrogen) atoms. The maximum Gasteiger partial charge on any atom is 0.299 e. The number of carbonyl (C=O) groups excluding carboxylic acids is 4. The van der Waals surface area contributed by atoms with E-state index in [2.05, 4.69) is 0 Å². The van der Waals surface area contributed by atoms with Crippen molar-refractivity contribution in [2.75, 3.05) is 16.3 Å². The molecular weight excluding hydrogens is 327 g/mol. The molecule has 4 rings (SSSR count). The van der Waals surface area contributed by atoms with Crippen LogP contribution in [0.5, 0.6) is 0 Å². The van der Waals surface area contributed by atoms with E-state index in [4.69, 9.17) is 0 Å². The molecule has 0 aromatic heterocycles. The Balaban J connectivity index is 1.82. The minimum absolute atomic E-state index is 0.0371. The van der Waals surface area contributed by atoms with E-state index in [1.54, 1.807) is 6.92 Å². The normalized spacial score (nSPS) is 19.9. The number of Topliss-reactive ketones (excluding diaryl/α,β-unsaturated/α-hetero) is 1. The lowest BCUT2D eigenvalue weighted by molar-refractivity contribution is -0.120. The van der Waals surface area contributed by atoms with Gasteiger partial charge in [-0.3, -0.25) is 19.2 Å². The summed E-state index contributed by atoms with van der Waals surface area (Å²) in [5.41, 5.74) is 0.902. The van der Waals surface area contributed by atoms with Gasteiger partial charge in [-0.2, -0.15) is 0 Å². The summed E-state index contributed by atoms with van der Waals surface area (Å²) in [6.45, 7) is 1.93. The van der Waals surface area contributed by atoms with E-state index in [0.29, 0.717) is 24.0 Å². The molecule has 7 heteroatoms. The number of benzene rings is 1. The van der Waals surface area contributed by atoms with Gasteiger partial charge in [0, 0.05) is 17.7 Å². The lowest BCUT2D eigenvalue weighted by atomic mass is 9.93. The van der Waals surface area contributed by atoms with Gasteiger partial charge < -0.3 is 4.90 Å². The molecule has 0 saturated heterocycles. The lowest BCUT2D eigenvalue weighted by Gasteiger charge is -2.19. The van der Waals surface area contributed by atoms with E-state index in [9.17, 15) is 23.6 Å². The van der Waals surface area contributed by atoms with Crippen LogP contribution in [-0.4, -0.2) is 30.0 Å². The number of likely N-dealkylation sites (N-methyl/N-ethyl adjacent to an activating group) is 1. The molecule has 6 nitrogen and oxygen atoms in total. The third kappa shape index (κ3) is 2.01. The minimum atomic E-state index is -0.862. The van der Waals surface area contributed by atoms with Crippen molar-refractivity contribution in [2.24, 2.45) is 0 Å². The first kappa shape index (κ1) is 15.7. The molecule has 0 unspecified atom stereocenters. The molecule has 0 fully saturated rings. The average molecular weight is 342 g/mol. The summed E-state index contributed by atoms with van der Waals surface area (Å²) in [5.74, 6) is -3.38. The van der Waals surface area contributed by atoms with Crippen LogP contribution in [0, 0.1) is 5.82 Å². The summed E-state index contributed by atoms with van der Waals surface area (Å²) >= 11 is 0. The SMILES string of the molecule is CCN1C(=O)C(=O)c2cc(F)c(N3C(=O)C4=C(CCCC4)C3=O)cc21. The van der Waals surface area contributed by atoms with Gasteiger partial charge in [0.05, 0.1) is 16.9 Å². The fourth-order valence-electron chi connectivity index (χ4n) is 3.75. The maximum absolute atomic E-state index is 14.6. The molecule has 2 aliphatic heterocycles. The first-order chi connectivity index (χ1) is 12.0. The topological polar surface area (TPSA) is 74.8 Å². The molecule has 0 radical (unpaired) electrons. The highest BCUT2D eigenvalue weighted by Gasteiger charge is 2.43. The molecule has 0 N–H and O–H groups in total. The standard InChI is InChI=1S/C18H15FN2O4/c1-2-20-13-8-14(12(19)7-11(13)15(22)18(20)25)21-16(23)9-5-3-4-6-10(9)17(21)24/h7-8H,2-6H2,1H3. The Hall–Kier alpha value is -2.83. The van der Waals surface area contributed by atoms with Crippen LogP contribution in [0.4, 0.5) is 15.8 Å². The monoisotopic (exact) mass is 342 g/mol. The summed E-state index contributed by atoms with van der Waals surface area (Å²) in [7, 11) is 0. The van der Waals surface area contributed by atoms with Crippen LogP contribution in [0.1, 0.15) is 43.0 Å². The Labute approximate surface area is 142 Å². The van der Waals surface area contributed by atoms with Crippen LogP contribution in [0.25, 0.3) is 0 Å². The highest BCUT2D eigenvalue weighted by atomic mass is 19.1. The molecule has 3 amide bonds. The zero-order valence-electron chi connectivity index (χ0n) is 13.6. The van der Waals surface area contributed by atoms with E-state index in [-0.39, 0.29) is 23.5 Å². The van der Waals surface area contributed by atoms with Gasteiger partial charge in [0.15, 0.2) is 0 Å². The molecule has 128 valence electrons. The Morgan fingerprint density at radius 1 is 0.920 bits per heavy atom. The first-order valence-corrected chi connectivity index (χ1v) is 8.26. The summed E-state index contributed by atoms with van der Waals surface area (Å²) < 4.78 is 14.6. The number of imide groups is 1. The van der Waals surface area contributed by atoms with Crippen LogP contribution in [-0.2, 0) is 14.4 Å².